The number of amides is 1. The van der Waals surface area contributed by atoms with Gasteiger partial charge >= 0.3 is 0 Å². The Hall–Kier alpha value is -2.79. The van der Waals surface area contributed by atoms with Crippen LogP contribution in [-0.2, 0) is 17.8 Å². The summed E-state index contributed by atoms with van der Waals surface area (Å²) in [6, 6.07) is 16.0. The summed E-state index contributed by atoms with van der Waals surface area (Å²) in [6.45, 7) is 2.71. The summed E-state index contributed by atoms with van der Waals surface area (Å²) in [7, 11) is 1.62. The van der Waals surface area contributed by atoms with Crippen molar-refractivity contribution < 1.29 is 14.7 Å². The summed E-state index contributed by atoms with van der Waals surface area (Å²) in [5.41, 5.74) is 5.84. The Morgan fingerprint density at radius 3 is 2.62 bits per heavy atom. The summed E-state index contributed by atoms with van der Waals surface area (Å²) in [6.07, 6.45) is 0.119. The molecule has 0 bridgehead atoms. The first-order valence-electron chi connectivity index (χ1n) is 7.76. The van der Waals surface area contributed by atoms with Crippen molar-refractivity contribution in [2.75, 3.05) is 7.11 Å². The smallest absolute Gasteiger partial charge is 0.247 e. The van der Waals surface area contributed by atoms with Crippen LogP contribution in [0.25, 0.3) is 10.9 Å². The Morgan fingerprint density at radius 2 is 1.96 bits per heavy atom. The number of carbonyl (C=O) groups is 1. The second kappa shape index (κ2) is 6.76. The van der Waals surface area contributed by atoms with Crippen molar-refractivity contribution in [2.24, 2.45) is 0 Å². The SMILES string of the molecule is COc1ccc2c(c1)c(CC(=O)NO)c(C)n2Cc1ccccc1. The van der Waals surface area contributed by atoms with E-state index in [1.807, 2.05) is 43.3 Å². The lowest BCUT2D eigenvalue weighted by atomic mass is 10.1. The maximum atomic E-state index is 11.7. The molecule has 0 aliphatic rings. The minimum Gasteiger partial charge on any atom is -0.497 e. The maximum Gasteiger partial charge on any atom is 0.247 e. The minimum atomic E-state index is -0.431. The van der Waals surface area contributed by atoms with Crippen LogP contribution in [0.1, 0.15) is 16.8 Å². The number of carbonyl (C=O) groups excluding carboxylic acids is 1. The van der Waals surface area contributed by atoms with Crippen LogP contribution < -0.4 is 10.2 Å². The van der Waals surface area contributed by atoms with Crippen LogP contribution in [0.4, 0.5) is 0 Å². The van der Waals surface area contributed by atoms with Crippen LogP contribution in [0.15, 0.2) is 48.5 Å². The maximum absolute atomic E-state index is 11.7. The fraction of sp³-hybridized carbons (Fsp3) is 0.211. The molecule has 0 fully saturated rings. The first-order chi connectivity index (χ1) is 11.6. The molecule has 1 amide bonds. The van der Waals surface area contributed by atoms with Crippen molar-refractivity contribution in [3.63, 3.8) is 0 Å². The average Bonchev–Trinajstić information content (AvgIpc) is 2.87. The Labute approximate surface area is 140 Å². The third kappa shape index (κ3) is 2.98. The van der Waals surface area contributed by atoms with Crippen LogP contribution in [0, 0.1) is 6.92 Å². The summed E-state index contributed by atoms with van der Waals surface area (Å²) in [5.74, 6) is 0.310. The molecule has 24 heavy (non-hydrogen) atoms. The zero-order chi connectivity index (χ0) is 17.1. The molecule has 5 nitrogen and oxygen atoms in total. The average molecular weight is 324 g/mol. The number of nitrogens with zero attached hydrogens (tertiary/aromatic N) is 1. The minimum absolute atomic E-state index is 0.119. The Morgan fingerprint density at radius 1 is 1.21 bits per heavy atom. The van der Waals surface area contributed by atoms with E-state index in [1.165, 1.54) is 5.56 Å². The van der Waals surface area contributed by atoms with Crippen molar-refractivity contribution in [1.82, 2.24) is 10.0 Å². The van der Waals surface area contributed by atoms with Gasteiger partial charge in [-0.3, -0.25) is 10.0 Å². The molecular weight excluding hydrogens is 304 g/mol. The molecule has 5 heteroatoms. The van der Waals surface area contributed by atoms with Gasteiger partial charge in [-0.25, -0.2) is 5.48 Å². The predicted molar refractivity (Wildman–Crippen MR) is 92.4 cm³/mol. The molecule has 0 spiro atoms. The van der Waals surface area contributed by atoms with Gasteiger partial charge in [0.05, 0.1) is 13.5 Å². The molecule has 2 aromatic carbocycles. The van der Waals surface area contributed by atoms with E-state index in [2.05, 4.69) is 16.7 Å². The van der Waals surface area contributed by atoms with Gasteiger partial charge in [-0.05, 0) is 36.2 Å². The molecule has 0 atom stereocenters. The van der Waals surface area contributed by atoms with Crippen molar-refractivity contribution in [1.29, 1.82) is 0 Å². The van der Waals surface area contributed by atoms with Gasteiger partial charge in [0, 0.05) is 23.1 Å². The number of rotatable bonds is 5. The molecule has 3 rings (SSSR count). The van der Waals surface area contributed by atoms with E-state index in [0.29, 0.717) is 0 Å². The summed E-state index contributed by atoms with van der Waals surface area (Å²) >= 11 is 0. The van der Waals surface area contributed by atoms with Crippen molar-refractivity contribution in [2.45, 2.75) is 19.9 Å². The van der Waals surface area contributed by atoms with Gasteiger partial charge in [-0.1, -0.05) is 30.3 Å². The standard InChI is InChI=1S/C19H20N2O3/c1-13-16(11-19(22)20-23)17-10-15(24-2)8-9-18(17)21(13)12-14-6-4-3-5-7-14/h3-10,23H,11-12H2,1-2H3,(H,20,22). The van der Waals surface area contributed by atoms with Gasteiger partial charge < -0.3 is 9.30 Å². The van der Waals surface area contributed by atoms with Crippen molar-refractivity contribution in [3.05, 3.63) is 65.4 Å². The zero-order valence-electron chi connectivity index (χ0n) is 13.7. The number of fused-ring (bicyclic) bond motifs is 1. The Balaban J connectivity index is 2.14. The quantitative estimate of drug-likeness (QED) is 0.560. The normalized spacial score (nSPS) is 10.8. The van der Waals surface area contributed by atoms with Crippen LogP contribution in [-0.4, -0.2) is 22.8 Å². The zero-order valence-corrected chi connectivity index (χ0v) is 13.7. The highest BCUT2D eigenvalue weighted by atomic mass is 16.5. The summed E-state index contributed by atoms with van der Waals surface area (Å²) in [5, 5.41) is 9.84. The fourth-order valence-corrected chi connectivity index (χ4v) is 3.05. The summed E-state index contributed by atoms with van der Waals surface area (Å²) < 4.78 is 7.50. The van der Waals surface area contributed by atoms with E-state index in [1.54, 1.807) is 12.6 Å². The molecule has 1 aromatic heterocycles. The Bertz CT molecular complexity index is 869. The highest BCUT2D eigenvalue weighted by molar-refractivity contribution is 5.91. The number of hydrogen-bond donors (Lipinski definition) is 2. The van der Waals surface area contributed by atoms with E-state index < -0.39 is 5.91 Å². The molecule has 0 saturated heterocycles. The van der Waals surface area contributed by atoms with E-state index in [-0.39, 0.29) is 6.42 Å². The third-order valence-corrected chi connectivity index (χ3v) is 4.31. The van der Waals surface area contributed by atoms with E-state index in [0.717, 1.165) is 34.5 Å². The van der Waals surface area contributed by atoms with Gasteiger partial charge in [0.15, 0.2) is 0 Å². The monoisotopic (exact) mass is 324 g/mol. The number of benzene rings is 2. The number of aromatic nitrogens is 1. The first kappa shape index (κ1) is 16.1. The molecule has 0 radical (unpaired) electrons. The number of ether oxygens (including phenoxy) is 1. The molecule has 124 valence electrons. The first-order valence-corrected chi connectivity index (χ1v) is 7.76. The molecule has 0 aliphatic heterocycles. The second-order valence-corrected chi connectivity index (χ2v) is 5.73. The lowest BCUT2D eigenvalue weighted by molar-refractivity contribution is -0.128. The number of hydroxylamine groups is 1. The van der Waals surface area contributed by atoms with E-state index >= 15 is 0 Å². The molecule has 2 N–H and O–H groups in total. The summed E-state index contributed by atoms with van der Waals surface area (Å²) in [4.78, 5) is 11.7. The highest BCUT2D eigenvalue weighted by Crippen LogP contribution is 2.30. The molecule has 1 heterocycles. The lowest BCUT2D eigenvalue weighted by Crippen LogP contribution is -2.21. The highest BCUT2D eigenvalue weighted by Gasteiger charge is 2.17. The van der Waals surface area contributed by atoms with Gasteiger partial charge in [0.2, 0.25) is 5.91 Å². The Kier molecular flexibility index (Phi) is 4.53. The molecular formula is C19H20N2O3. The predicted octanol–water partition coefficient (Wildman–Crippen LogP) is 3.05. The van der Waals surface area contributed by atoms with Crippen LogP contribution in [0.2, 0.25) is 0 Å². The number of hydrogen-bond acceptors (Lipinski definition) is 3. The van der Waals surface area contributed by atoms with E-state index in [9.17, 15) is 4.79 Å². The van der Waals surface area contributed by atoms with Crippen LogP contribution >= 0.6 is 0 Å². The van der Waals surface area contributed by atoms with Crippen molar-refractivity contribution >= 4 is 16.8 Å². The molecule has 0 aliphatic carbocycles. The third-order valence-electron chi connectivity index (χ3n) is 4.31. The van der Waals surface area contributed by atoms with E-state index in [4.69, 9.17) is 9.94 Å². The van der Waals surface area contributed by atoms with Crippen molar-refractivity contribution in [3.8, 4) is 5.75 Å². The molecule has 0 saturated carbocycles. The van der Waals surface area contributed by atoms with Crippen LogP contribution in [0.3, 0.4) is 0 Å². The number of nitrogens with one attached hydrogen (secondary N) is 1. The van der Waals surface area contributed by atoms with Gasteiger partial charge in [0.1, 0.15) is 5.75 Å². The largest absolute Gasteiger partial charge is 0.497 e. The van der Waals surface area contributed by atoms with Gasteiger partial charge in [-0.15, -0.1) is 0 Å². The lowest BCUT2D eigenvalue weighted by Gasteiger charge is -2.09. The van der Waals surface area contributed by atoms with Gasteiger partial charge in [0.25, 0.3) is 0 Å². The van der Waals surface area contributed by atoms with Gasteiger partial charge in [-0.2, -0.15) is 0 Å². The molecule has 3 aromatic rings. The van der Waals surface area contributed by atoms with Crippen LogP contribution in [0.5, 0.6) is 5.75 Å². The fourth-order valence-electron chi connectivity index (χ4n) is 3.05. The molecule has 0 unspecified atom stereocenters. The second-order valence-electron chi connectivity index (χ2n) is 5.73. The topological polar surface area (TPSA) is 63.5 Å². The number of methoxy groups -OCH3 is 1.